The average molecular weight is 429 g/mol. The fourth-order valence-electron chi connectivity index (χ4n) is 4.12. The van der Waals surface area contributed by atoms with E-state index >= 15 is 0 Å². The molecule has 1 aromatic carbocycles. The van der Waals surface area contributed by atoms with E-state index in [1.54, 1.807) is 18.5 Å². The number of nitrogens with one attached hydrogen (secondary N) is 1. The molecule has 3 aromatic rings. The van der Waals surface area contributed by atoms with Crippen LogP contribution >= 0.6 is 11.6 Å². The van der Waals surface area contributed by atoms with Crippen LogP contribution < -0.4 is 15.9 Å². The van der Waals surface area contributed by atoms with Crippen LogP contribution in [0.25, 0.3) is 5.65 Å². The van der Waals surface area contributed by atoms with Gasteiger partial charge >= 0.3 is 5.69 Å². The zero-order valence-electron chi connectivity index (χ0n) is 17.1. The van der Waals surface area contributed by atoms with Crippen LogP contribution in [0.2, 0.25) is 5.02 Å². The van der Waals surface area contributed by atoms with Crippen molar-refractivity contribution in [1.82, 2.24) is 24.5 Å². The zero-order chi connectivity index (χ0) is 21.3. The molecular weight excluding hydrogens is 404 g/mol. The SMILES string of the molecule is C[C@@H]1C[C@H](C)CN(c2nccn3c(=O)n(CC(=O)NCc4ccccc4Cl)nc23)C1. The summed E-state index contributed by atoms with van der Waals surface area (Å²) in [6.07, 6.45) is 4.37. The van der Waals surface area contributed by atoms with Gasteiger partial charge in [-0.2, -0.15) is 0 Å². The summed E-state index contributed by atoms with van der Waals surface area (Å²) in [6.45, 7) is 6.30. The number of hydrogen-bond donors (Lipinski definition) is 1. The van der Waals surface area contributed by atoms with E-state index in [0.29, 0.717) is 28.3 Å². The van der Waals surface area contributed by atoms with Crippen LogP contribution in [0.4, 0.5) is 5.82 Å². The monoisotopic (exact) mass is 428 g/mol. The quantitative estimate of drug-likeness (QED) is 0.674. The Morgan fingerprint density at radius 3 is 2.70 bits per heavy atom. The van der Waals surface area contributed by atoms with Gasteiger partial charge in [0.1, 0.15) is 6.54 Å². The van der Waals surface area contributed by atoms with Crippen molar-refractivity contribution in [2.75, 3.05) is 18.0 Å². The maximum absolute atomic E-state index is 12.8. The molecular formula is C21H25ClN6O2. The molecule has 0 aliphatic carbocycles. The molecule has 9 heteroatoms. The molecule has 1 aliphatic rings. The van der Waals surface area contributed by atoms with Crippen LogP contribution in [0, 0.1) is 11.8 Å². The maximum atomic E-state index is 12.8. The van der Waals surface area contributed by atoms with Crippen LogP contribution in [0.5, 0.6) is 0 Å². The summed E-state index contributed by atoms with van der Waals surface area (Å²) in [5.41, 5.74) is 0.928. The molecule has 3 heterocycles. The lowest BCUT2D eigenvalue weighted by molar-refractivity contribution is -0.122. The van der Waals surface area contributed by atoms with Gasteiger partial charge in [-0.05, 0) is 29.9 Å². The summed E-state index contributed by atoms with van der Waals surface area (Å²) >= 11 is 6.12. The van der Waals surface area contributed by atoms with Gasteiger partial charge in [0.25, 0.3) is 0 Å². The summed E-state index contributed by atoms with van der Waals surface area (Å²) in [7, 11) is 0. The Kier molecular flexibility index (Phi) is 5.76. The number of anilines is 1. The Bertz CT molecular complexity index is 1110. The Morgan fingerprint density at radius 1 is 1.23 bits per heavy atom. The summed E-state index contributed by atoms with van der Waals surface area (Å²) < 4.78 is 2.63. The van der Waals surface area contributed by atoms with Crippen LogP contribution in [0.3, 0.4) is 0 Å². The van der Waals surface area contributed by atoms with Gasteiger partial charge in [0.05, 0.1) is 0 Å². The van der Waals surface area contributed by atoms with Crippen LogP contribution in [-0.4, -0.2) is 38.2 Å². The largest absolute Gasteiger partial charge is 0.353 e. The molecule has 2 aromatic heterocycles. The Balaban J connectivity index is 1.54. The highest BCUT2D eigenvalue weighted by atomic mass is 35.5. The second kappa shape index (κ2) is 8.47. The molecule has 1 amide bonds. The lowest BCUT2D eigenvalue weighted by Gasteiger charge is -2.35. The minimum Gasteiger partial charge on any atom is -0.353 e. The zero-order valence-corrected chi connectivity index (χ0v) is 17.8. The van der Waals surface area contributed by atoms with Crippen LogP contribution in [0.1, 0.15) is 25.8 Å². The molecule has 0 spiro atoms. The number of halogens is 1. The molecule has 0 unspecified atom stereocenters. The van der Waals surface area contributed by atoms with Gasteiger partial charge in [-0.1, -0.05) is 43.6 Å². The number of aromatic nitrogens is 4. The molecule has 1 N–H and O–H groups in total. The number of carbonyl (C=O) groups is 1. The third-order valence-electron chi connectivity index (χ3n) is 5.38. The maximum Gasteiger partial charge on any atom is 0.350 e. The smallest absolute Gasteiger partial charge is 0.350 e. The van der Waals surface area contributed by atoms with Crippen molar-refractivity contribution in [2.45, 2.75) is 33.4 Å². The van der Waals surface area contributed by atoms with Gasteiger partial charge in [-0.15, -0.1) is 5.10 Å². The summed E-state index contributed by atoms with van der Waals surface area (Å²) in [5, 5.41) is 7.80. The molecule has 8 nitrogen and oxygen atoms in total. The predicted octanol–water partition coefficient (Wildman–Crippen LogP) is 2.34. The minimum absolute atomic E-state index is 0.169. The Labute approximate surface area is 179 Å². The highest BCUT2D eigenvalue weighted by molar-refractivity contribution is 6.31. The summed E-state index contributed by atoms with van der Waals surface area (Å²) in [5.74, 6) is 1.46. The fraction of sp³-hybridized carbons (Fsp3) is 0.429. The minimum atomic E-state index is -0.361. The van der Waals surface area contributed by atoms with Gasteiger partial charge in [0.15, 0.2) is 5.82 Å². The molecule has 0 bridgehead atoms. The molecule has 158 valence electrons. The molecule has 1 saturated heterocycles. The van der Waals surface area contributed by atoms with E-state index in [4.69, 9.17) is 11.6 Å². The number of rotatable bonds is 5. The van der Waals surface area contributed by atoms with Gasteiger partial charge in [0.2, 0.25) is 11.6 Å². The number of amides is 1. The summed E-state index contributed by atoms with van der Waals surface area (Å²) in [6, 6.07) is 7.31. The number of benzene rings is 1. The van der Waals surface area contributed by atoms with Crippen LogP contribution in [-0.2, 0) is 17.9 Å². The topological polar surface area (TPSA) is 84.5 Å². The number of nitrogens with zero attached hydrogens (tertiary/aromatic N) is 5. The first kappa shape index (κ1) is 20.4. The predicted molar refractivity (Wildman–Crippen MR) is 116 cm³/mol. The lowest BCUT2D eigenvalue weighted by atomic mass is 9.92. The highest BCUT2D eigenvalue weighted by Crippen LogP contribution is 2.26. The average Bonchev–Trinajstić information content (AvgIpc) is 3.02. The van der Waals surface area contributed by atoms with Gasteiger partial charge in [0, 0.05) is 37.1 Å². The van der Waals surface area contributed by atoms with Gasteiger partial charge in [-0.25, -0.2) is 18.9 Å². The second-order valence-electron chi connectivity index (χ2n) is 8.10. The van der Waals surface area contributed by atoms with Crippen molar-refractivity contribution in [2.24, 2.45) is 11.8 Å². The first-order valence-electron chi connectivity index (χ1n) is 10.1. The molecule has 30 heavy (non-hydrogen) atoms. The van der Waals surface area contributed by atoms with E-state index in [1.165, 1.54) is 15.5 Å². The lowest BCUT2D eigenvalue weighted by Crippen LogP contribution is -2.39. The Morgan fingerprint density at radius 2 is 1.97 bits per heavy atom. The summed E-state index contributed by atoms with van der Waals surface area (Å²) in [4.78, 5) is 31.9. The van der Waals surface area contributed by atoms with E-state index in [9.17, 15) is 9.59 Å². The molecule has 1 aliphatic heterocycles. The molecule has 2 atom stereocenters. The molecule has 0 saturated carbocycles. The number of piperidine rings is 1. The van der Waals surface area contributed by atoms with Crippen molar-refractivity contribution < 1.29 is 4.79 Å². The van der Waals surface area contributed by atoms with Crippen molar-refractivity contribution >= 4 is 29.0 Å². The van der Waals surface area contributed by atoms with E-state index in [0.717, 1.165) is 18.7 Å². The number of hydrogen-bond acceptors (Lipinski definition) is 5. The first-order valence-corrected chi connectivity index (χ1v) is 10.5. The second-order valence-corrected chi connectivity index (χ2v) is 8.51. The standard InChI is InChI=1S/C21H25ClN6O2/c1-14-9-15(2)12-26(11-14)19-20-25-28(21(30)27(20)8-7-23-19)13-18(29)24-10-16-5-3-4-6-17(16)22/h3-8,14-15H,9-13H2,1-2H3,(H,24,29)/t14-,15+. The van der Waals surface area contributed by atoms with Crippen LogP contribution in [0.15, 0.2) is 41.5 Å². The van der Waals surface area contributed by atoms with Gasteiger partial charge in [-0.3, -0.25) is 4.79 Å². The molecule has 1 fully saturated rings. The number of fused-ring (bicyclic) bond motifs is 1. The Hall–Kier alpha value is -2.87. The van der Waals surface area contributed by atoms with Gasteiger partial charge < -0.3 is 10.2 Å². The number of carbonyl (C=O) groups excluding carboxylic acids is 1. The van der Waals surface area contributed by atoms with E-state index in [2.05, 4.69) is 34.1 Å². The third-order valence-corrected chi connectivity index (χ3v) is 5.75. The van der Waals surface area contributed by atoms with Crippen molar-refractivity contribution in [3.05, 3.63) is 57.7 Å². The van der Waals surface area contributed by atoms with E-state index < -0.39 is 0 Å². The van der Waals surface area contributed by atoms with Crippen molar-refractivity contribution in [3.8, 4) is 0 Å². The van der Waals surface area contributed by atoms with Crippen molar-refractivity contribution in [1.29, 1.82) is 0 Å². The fourth-order valence-corrected chi connectivity index (χ4v) is 4.33. The van der Waals surface area contributed by atoms with E-state index in [1.807, 2.05) is 18.2 Å². The first-order chi connectivity index (χ1) is 14.4. The van der Waals surface area contributed by atoms with Crippen molar-refractivity contribution in [3.63, 3.8) is 0 Å². The molecule has 0 radical (unpaired) electrons. The van der Waals surface area contributed by atoms with E-state index in [-0.39, 0.29) is 24.7 Å². The normalized spacial score (nSPS) is 19.2. The highest BCUT2D eigenvalue weighted by Gasteiger charge is 2.25. The molecule has 4 rings (SSSR count). The third kappa shape index (κ3) is 4.18.